The van der Waals surface area contributed by atoms with Crippen molar-refractivity contribution < 1.29 is 9.13 Å². The smallest absolute Gasteiger partial charge is 0.126 e. The van der Waals surface area contributed by atoms with Crippen LogP contribution < -0.4 is 10.1 Å². The molecule has 2 aromatic carbocycles. The SMILES string of the molecule is COc1cccc2c1C1=C(C(Cc3ccccc3F)C2)C2C(C)=CC(C)(C)NC2C=C1. The summed E-state index contributed by atoms with van der Waals surface area (Å²) in [5.41, 5.74) is 7.31. The van der Waals surface area contributed by atoms with Crippen molar-refractivity contribution in [2.24, 2.45) is 11.8 Å². The van der Waals surface area contributed by atoms with Crippen molar-refractivity contribution in [1.82, 2.24) is 5.32 Å². The van der Waals surface area contributed by atoms with Crippen molar-refractivity contribution in [2.75, 3.05) is 7.11 Å². The van der Waals surface area contributed by atoms with E-state index in [1.807, 2.05) is 18.2 Å². The van der Waals surface area contributed by atoms with Gasteiger partial charge in [-0.1, -0.05) is 54.1 Å². The Morgan fingerprint density at radius 2 is 1.94 bits per heavy atom. The number of fused-ring (bicyclic) bond motifs is 4. The van der Waals surface area contributed by atoms with E-state index in [-0.39, 0.29) is 29.2 Å². The molecule has 2 aromatic rings. The topological polar surface area (TPSA) is 21.3 Å². The largest absolute Gasteiger partial charge is 0.496 e. The van der Waals surface area contributed by atoms with Crippen LogP contribution in [-0.2, 0) is 12.8 Å². The number of allylic oxidation sites excluding steroid dienone is 2. The summed E-state index contributed by atoms with van der Waals surface area (Å²) in [5.74, 6) is 1.33. The summed E-state index contributed by atoms with van der Waals surface area (Å²) in [6.07, 6.45) is 8.54. The van der Waals surface area contributed by atoms with E-state index in [0.717, 1.165) is 17.7 Å². The summed E-state index contributed by atoms with van der Waals surface area (Å²) in [5, 5.41) is 3.80. The van der Waals surface area contributed by atoms with E-state index in [2.05, 4.69) is 56.4 Å². The molecule has 1 heterocycles. The Labute approximate surface area is 184 Å². The molecule has 2 aliphatic carbocycles. The quantitative estimate of drug-likeness (QED) is 0.632. The first-order valence-electron chi connectivity index (χ1n) is 11.2. The monoisotopic (exact) mass is 415 g/mol. The maximum atomic E-state index is 14.6. The van der Waals surface area contributed by atoms with Gasteiger partial charge in [-0.3, -0.25) is 0 Å². The highest BCUT2D eigenvalue weighted by Crippen LogP contribution is 2.50. The van der Waals surface area contributed by atoms with Gasteiger partial charge in [0.2, 0.25) is 0 Å². The Hall–Kier alpha value is -2.65. The molecule has 0 spiro atoms. The van der Waals surface area contributed by atoms with Gasteiger partial charge in [0.05, 0.1) is 7.11 Å². The van der Waals surface area contributed by atoms with Gasteiger partial charge in [0, 0.05) is 23.1 Å². The average molecular weight is 416 g/mol. The van der Waals surface area contributed by atoms with Crippen LogP contribution in [0, 0.1) is 17.7 Å². The molecule has 0 bridgehead atoms. The van der Waals surface area contributed by atoms with Gasteiger partial charge < -0.3 is 10.1 Å². The molecular formula is C28H30FNO. The average Bonchev–Trinajstić information content (AvgIpc) is 2.73. The molecule has 0 saturated carbocycles. The normalized spacial score (nSPS) is 26.0. The van der Waals surface area contributed by atoms with Crippen LogP contribution in [0.1, 0.15) is 37.5 Å². The Kier molecular flexibility index (Phi) is 4.90. The molecule has 3 unspecified atom stereocenters. The highest BCUT2D eigenvalue weighted by Gasteiger charge is 2.42. The number of hydrogen-bond donors (Lipinski definition) is 1. The zero-order valence-electron chi connectivity index (χ0n) is 18.7. The maximum absolute atomic E-state index is 14.6. The van der Waals surface area contributed by atoms with Gasteiger partial charge in [-0.05, 0) is 73.9 Å². The number of rotatable bonds is 3. The minimum absolute atomic E-state index is 0.0427. The number of benzene rings is 2. The first-order chi connectivity index (χ1) is 14.9. The lowest BCUT2D eigenvalue weighted by Gasteiger charge is -2.46. The molecule has 160 valence electrons. The van der Waals surface area contributed by atoms with E-state index >= 15 is 0 Å². The summed E-state index contributed by atoms with van der Waals surface area (Å²) in [4.78, 5) is 0. The zero-order valence-corrected chi connectivity index (χ0v) is 18.7. The third-order valence-electron chi connectivity index (χ3n) is 7.03. The van der Waals surface area contributed by atoms with E-state index in [1.165, 1.54) is 27.8 Å². The van der Waals surface area contributed by atoms with Crippen LogP contribution in [0.25, 0.3) is 5.57 Å². The van der Waals surface area contributed by atoms with E-state index in [4.69, 9.17) is 4.74 Å². The molecule has 1 aliphatic heterocycles. The molecule has 3 heteroatoms. The van der Waals surface area contributed by atoms with Crippen LogP contribution in [-0.4, -0.2) is 18.7 Å². The third-order valence-corrected chi connectivity index (χ3v) is 7.03. The fourth-order valence-electron chi connectivity index (χ4n) is 5.97. The molecule has 2 nitrogen and oxygen atoms in total. The highest BCUT2D eigenvalue weighted by atomic mass is 19.1. The summed E-state index contributed by atoms with van der Waals surface area (Å²) in [6.45, 7) is 6.70. The third kappa shape index (κ3) is 3.45. The predicted octanol–water partition coefficient (Wildman–Crippen LogP) is 5.89. The number of methoxy groups -OCH3 is 1. The van der Waals surface area contributed by atoms with Crippen molar-refractivity contribution in [3.8, 4) is 5.75 Å². The van der Waals surface area contributed by atoms with E-state index < -0.39 is 0 Å². The first kappa shape index (κ1) is 20.3. The van der Waals surface area contributed by atoms with E-state index in [1.54, 1.807) is 19.2 Å². The van der Waals surface area contributed by atoms with Gasteiger partial charge in [0.15, 0.2) is 0 Å². The van der Waals surface area contributed by atoms with Crippen LogP contribution in [0.5, 0.6) is 5.75 Å². The molecule has 0 fully saturated rings. The van der Waals surface area contributed by atoms with E-state index in [0.29, 0.717) is 6.42 Å². The second-order valence-corrected chi connectivity index (χ2v) is 9.68. The molecule has 31 heavy (non-hydrogen) atoms. The van der Waals surface area contributed by atoms with Crippen LogP contribution in [0.2, 0.25) is 0 Å². The van der Waals surface area contributed by atoms with Crippen molar-refractivity contribution >= 4 is 5.57 Å². The second kappa shape index (κ2) is 7.49. The van der Waals surface area contributed by atoms with Gasteiger partial charge in [0.1, 0.15) is 11.6 Å². The zero-order chi connectivity index (χ0) is 21.8. The van der Waals surface area contributed by atoms with E-state index in [9.17, 15) is 4.39 Å². The maximum Gasteiger partial charge on any atom is 0.126 e. The van der Waals surface area contributed by atoms with Crippen LogP contribution in [0.4, 0.5) is 4.39 Å². The predicted molar refractivity (Wildman–Crippen MR) is 125 cm³/mol. The fourth-order valence-corrected chi connectivity index (χ4v) is 5.97. The van der Waals surface area contributed by atoms with Crippen molar-refractivity contribution in [2.45, 2.75) is 45.2 Å². The highest BCUT2D eigenvalue weighted by molar-refractivity contribution is 5.86. The van der Waals surface area contributed by atoms with Crippen LogP contribution in [0.3, 0.4) is 0 Å². The molecular weight excluding hydrogens is 385 g/mol. The second-order valence-electron chi connectivity index (χ2n) is 9.68. The van der Waals surface area contributed by atoms with Crippen molar-refractivity contribution in [1.29, 1.82) is 0 Å². The minimum atomic E-state index is -0.112. The summed E-state index contributed by atoms with van der Waals surface area (Å²) in [6, 6.07) is 13.8. The van der Waals surface area contributed by atoms with Gasteiger partial charge in [-0.15, -0.1) is 0 Å². The molecule has 5 rings (SSSR count). The lowest BCUT2D eigenvalue weighted by molar-refractivity contribution is 0.339. The number of nitrogens with one attached hydrogen (secondary N) is 1. The van der Waals surface area contributed by atoms with Gasteiger partial charge in [0.25, 0.3) is 0 Å². The molecule has 3 atom stereocenters. The Bertz CT molecular complexity index is 1120. The molecule has 0 saturated heterocycles. The number of hydrogen-bond acceptors (Lipinski definition) is 2. The van der Waals surface area contributed by atoms with Crippen LogP contribution in [0.15, 0.2) is 71.8 Å². The van der Waals surface area contributed by atoms with Gasteiger partial charge >= 0.3 is 0 Å². The van der Waals surface area contributed by atoms with Gasteiger partial charge in [-0.25, -0.2) is 4.39 Å². The number of ether oxygens (including phenoxy) is 1. The Morgan fingerprint density at radius 1 is 1.13 bits per heavy atom. The Balaban J connectivity index is 1.69. The van der Waals surface area contributed by atoms with Gasteiger partial charge in [-0.2, -0.15) is 0 Å². The Morgan fingerprint density at radius 3 is 2.71 bits per heavy atom. The summed E-state index contributed by atoms with van der Waals surface area (Å²) < 4.78 is 20.4. The summed E-state index contributed by atoms with van der Waals surface area (Å²) >= 11 is 0. The van der Waals surface area contributed by atoms with Crippen molar-refractivity contribution in [3.63, 3.8) is 0 Å². The molecule has 0 radical (unpaired) electrons. The summed E-state index contributed by atoms with van der Waals surface area (Å²) in [7, 11) is 1.74. The standard InChI is InChI=1S/C28H30FNO/c1-17-16-28(2,3)30-23-13-12-21-26-19(9-7-11-24(26)31-4)15-20(27(21)25(17)23)14-18-8-5-6-10-22(18)29/h5-13,16,20,23,25,30H,14-15H2,1-4H3. The minimum Gasteiger partial charge on any atom is -0.496 e. The molecule has 0 aromatic heterocycles. The number of halogens is 1. The van der Waals surface area contributed by atoms with Crippen LogP contribution >= 0.6 is 0 Å². The lowest BCUT2D eigenvalue weighted by atomic mass is 9.64. The first-order valence-corrected chi connectivity index (χ1v) is 11.2. The molecule has 1 N–H and O–H groups in total. The molecule has 0 amide bonds. The lowest BCUT2D eigenvalue weighted by Crippen LogP contribution is -2.53. The fraction of sp³-hybridized carbons (Fsp3) is 0.357. The molecule has 3 aliphatic rings. The van der Waals surface area contributed by atoms with Crippen molar-refractivity contribution in [3.05, 3.63) is 94.3 Å².